The third-order valence-electron chi connectivity index (χ3n) is 3.60. The Labute approximate surface area is 126 Å². The first-order valence-electron chi connectivity index (χ1n) is 6.80. The van der Waals surface area contributed by atoms with Crippen LogP contribution in [0.5, 0.6) is 0 Å². The standard InChI is InChI=1S/C15H16BrN3O/c16-12-7-10-3-1-5-13(14(10)18-9-12)19-15(20)11-4-2-6-17-8-11/h1,3,5,7,9,11,17H,2,4,6,8H2,(H,19,20)/t11-/m0/s1. The number of aromatic nitrogens is 1. The van der Waals surface area contributed by atoms with Gasteiger partial charge in [0, 0.05) is 22.6 Å². The topological polar surface area (TPSA) is 54.0 Å². The molecule has 20 heavy (non-hydrogen) atoms. The van der Waals surface area contributed by atoms with Crippen LogP contribution in [0.25, 0.3) is 10.9 Å². The van der Waals surface area contributed by atoms with Crippen molar-refractivity contribution >= 4 is 38.4 Å². The fourth-order valence-corrected chi connectivity index (χ4v) is 2.89. The number of pyridine rings is 1. The van der Waals surface area contributed by atoms with E-state index < -0.39 is 0 Å². The number of hydrogen-bond acceptors (Lipinski definition) is 3. The second-order valence-electron chi connectivity index (χ2n) is 5.06. The lowest BCUT2D eigenvalue weighted by Gasteiger charge is -2.22. The van der Waals surface area contributed by atoms with Crippen molar-refractivity contribution in [3.63, 3.8) is 0 Å². The Morgan fingerprint density at radius 2 is 2.35 bits per heavy atom. The van der Waals surface area contributed by atoms with Crippen molar-refractivity contribution < 1.29 is 4.79 Å². The van der Waals surface area contributed by atoms with Crippen LogP contribution in [0.2, 0.25) is 0 Å². The summed E-state index contributed by atoms with van der Waals surface area (Å²) in [7, 11) is 0. The largest absolute Gasteiger partial charge is 0.324 e. The van der Waals surface area contributed by atoms with Gasteiger partial charge in [-0.25, -0.2) is 0 Å². The summed E-state index contributed by atoms with van der Waals surface area (Å²) in [4.78, 5) is 16.7. The number of piperidine rings is 1. The van der Waals surface area contributed by atoms with Gasteiger partial charge in [0.25, 0.3) is 0 Å². The van der Waals surface area contributed by atoms with E-state index in [2.05, 4.69) is 31.5 Å². The number of rotatable bonds is 2. The number of nitrogens with zero attached hydrogens (tertiary/aromatic N) is 1. The van der Waals surface area contributed by atoms with Crippen molar-refractivity contribution in [3.8, 4) is 0 Å². The fraction of sp³-hybridized carbons (Fsp3) is 0.333. The highest BCUT2D eigenvalue weighted by atomic mass is 79.9. The Morgan fingerprint density at radius 3 is 3.15 bits per heavy atom. The van der Waals surface area contributed by atoms with Crippen molar-refractivity contribution in [2.45, 2.75) is 12.8 Å². The van der Waals surface area contributed by atoms with E-state index in [1.807, 2.05) is 24.3 Å². The molecule has 0 spiro atoms. The molecule has 0 radical (unpaired) electrons. The molecule has 1 aromatic carbocycles. The lowest BCUT2D eigenvalue weighted by Crippen LogP contribution is -2.37. The molecule has 1 aromatic heterocycles. The molecule has 3 rings (SSSR count). The van der Waals surface area contributed by atoms with E-state index >= 15 is 0 Å². The summed E-state index contributed by atoms with van der Waals surface area (Å²) in [5.74, 6) is 0.129. The van der Waals surface area contributed by atoms with Crippen LogP contribution in [0.4, 0.5) is 5.69 Å². The maximum atomic E-state index is 12.3. The highest BCUT2D eigenvalue weighted by Crippen LogP contribution is 2.24. The number of amides is 1. The lowest BCUT2D eigenvalue weighted by atomic mass is 9.98. The monoisotopic (exact) mass is 333 g/mol. The van der Waals surface area contributed by atoms with E-state index in [1.165, 1.54) is 0 Å². The van der Waals surface area contributed by atoms with Crippen LogP contribution in [-0.4, -0.2) is 24.0 Å². The third-order valence-corrected chi connectivity index (χ3v) is 4.04. The Morgan fingerprint density at radius 1 is 1.45 bits per heavy atom. The van der Waals surface area contributed by atoms with Gasteiger partial charge in [-0.2, -0.15) is 0 Å². The second-order valence-corrected chi connectivity index (χ2v) is 5.98. The maximum absolute atomic E-state index is 12.3. The molecule has 5 heteroatoms. The van der Waals surface area contributed by atoms with Crippen molar-refractivity contribution in [2.24, 2.45) is 5.92 Å². The molecule has 1 aliphatic heterocycles. The van der Waals surface area contributed by atoms with Crippen LogP contribution < -0.4 is 10.6 Å². The summed E-state index contributed by atoms with van der Waals surface area (Å²) >= 11 is 3.41. The molecule has 2 aromatic rings. The molecule has 0 aliphatic carbocycles. The number of benzene rings is 1. The molecule has 104 valence electrons. The highest BCUT2D eigenvalue weighted by Gasteiger charge is 2.21. The zero-order chi connectivity index (χ0) is 13.9. The predicted octanol–water partition coefficient (Wildman–Crippen LogP) is 2.94. The zero-order valence-electron chi connectivity index (χ0n) is 11.0. The summed E-state index contributed by atoms with van der Waals surface area (Å²) in [5, 5.41) is 7.29. The average Bonchev–Trinajstić information content (AvgIpc) is 2.48. The molecule has 1 saturated heterocycles. The summed E-state index contributed by atoms with van der Waals surface area (Å²) < 4.78 is 0.935. The van der Waals surface area contributed by atoms with Gasteiger partial charge >= 0.3 is 0 Å². The van der Waals surface area contributed by atoms with Crippen LogP contribution in [0.1, 0.15) is 12.8 Å². The first-order chi connectivity index (χ1) is 9.74. The smallest absolute Gasteiger partial charge is 0.228 e. The molecule has 1 atom stereocenters. The van der Waals surface area contributed by atoms with Crippen molar-refractivity contribution in [3.05, 3.63) is 34.9 Å². The van der Waals surface area contributed by atoms with Crippen LogP contribution >= 0.6 is 15.9 Å². The molecule has 0 saturated carbocycles. The molecule has 1 amide bonds. The molecule has 0 bridgehead atoms. The van der Waals surface area contributed by atoms with Gasteiger partial charge in [-0.3, -0.25) is 9.78 Å². The number of fused-ring (bicyclic) bond motifs is 1. The normalized spacial score (nSPS) is 18.9. The van der Waals surface area contributed by atoms with Gasteiger partial charge < -0.3 is 10.6 Å². The number of carbonyl (C=O) groups excluding carboxylic acids is 1. The summed E-state index contributed by atoms with van der Waals surface area (Å²) in [6, 6.07) is 7.83. The number of para-hydroxylation sites is 1. The molecule has 2 N–H and O–H groups in total. The molecular weight excluding hydrogens is 318 g/mol. The van der Waals surface area contributed by atoms with Crippen LogP contribution in [0, 0.1) is 5.92 Å². The van der Waals surface area contributed by atoms with E-state index in [4.69, 9.17) is 0 Å². The summed E-state index contributed by atoms with van der Waals surface area (Å²) in [5.41, 5.74) is 1.61. The van der Waals surface area contributed by atoms with Crippen LogP contribution in [0.3, 0.4) is 0 Å². The quantitative estimate of drug-likeness (QED) is 0.888. The molecule has 1 aliphatic rings. The van der Waals surface area contributed by atoms with Gasteiger partial charge in [0.15, 0.2) is 0 Å². The van der Waals surface area contributed by atoms with Gasteiger partial charge in [0.2, 0.25) is 5.91 Å². The van der Waals surface area contributed by atoms with Crippen molar-refractivity contribution in [1.82, 2.24) is 10.3 Å². The molecule has 2 heterocycles. The van der Waals surface area contributed by atoms with Gasteiger partial charge in [0.05, 0.1) is 17.1 Å². The molecule has 1 fully saturated rings. The van der Waals surface area contributed by atoms with E-state index in [-0.39, 0.29) is 11.8 Å². The number of hydrogen-bond donors (Lipinski definition) is 2. The zero-order valence-corrected chi connectivity index (χ0v) is 12.6. The Hall–Kier alpha value is -1.46. The number of anilines is 1. The predicted molar refractivity (Wildman–Crippen MR) is 83.7 cm³/mol. The van der Waals surface area contributed by atoms with E-state index in [0.717, 1.165) is 47.0 Å². The number of nitrogens with one attached hydrogen (secondary N) is 2. The van der Waals surface area contributed by atoms with Crippen LogP contribution in [0.15, 0.2) is 34.9 Å². The number of carbonyl (C=O) groups is 1. The minimum atomic E-state index is 0.0504. The van der Waals surface area contributed by atoms with Gasteiger partial charge in [-0.1, -0.05) is 12.1 Å². The third kappa shape index (κ3) is 2.83. The molecule has 0 unspecified atom stereocenters. The molecule has 4 nitrogen and oxygen atoms in total. The summed E-state index contributed by atoms with van der Waals surface area (Å²) in [6.07, 6.45) is 3.75. The number of halogens is 1. The summed E-state index contributed by atoms with van der Waals surface area (Å²) in [6.45, 7) is 1.77. The lowest BCUT2D eigenvalue weighted by molar-refractivity contribution is -0.120. The second kappa shape index (κ2) is 5.89. The van der Waals surface area contributed by atoms with E-state index in [1.54, 1.807) is 6.20 Å². The average molecular weight is 334 g/mol. The fourth-order valence-electron chi connectivity index (χ4n) is 2.55. The van der Waals surface area contributed by atoms with E-state index in [9.17, 15) is 4.79 Å². The van der Waals surface area contributed by atoms with Crippen molar-refractivity contribution in [2.75, 3.05) is 18.4 Å². The minimum absolute atomic E-state index is 0.0504. The van der Waals surface area contributed by atoms with Gasteiger partial charge in [0.1, 0.15) is 0 Å². The van der Waals surface area contributed by atoms with E-state index in [0.29, 0.717) is 0 Å². The Kier molecular flexibility index (Phi) is 3.98. The van der Waals surface area contributed by atoms with Crippen molar-refractivity contribution in [1.29, 1.82) is 0 Å². The molecular formula is C15H16BrN3O. The maximum Gasteiger partial charge on any atom is 0.228 e. The SMILES string of the molecule is O=C(Nc1cccc2cc(Br)cnc12)[C@H]1CCCNC1. The highest BCUT2D eigenvalue weighted by molar-refractivity contribution is 9.10. The van der Waals surface area contributed by atoms with Crippen LogP contribution in [-0.2, 0) is 4.79 Å². The Balaban J connectivity index is 1.85. The van der Waals surface area contributed by atoms with Gasteiger partial charge in [-0.15, -0.1) is 0 Å². The first kappa shape index (κ1) is 13.5. The van der Waals surface area contributed by atoms with Gasteiger partial charge in [-0.05, 0) is 47.4 Å². The Bertz CT molecular complexity index is 638. The minimum Gasteiger partial charge on any atom is -0.324 e. The first-order valence-corrected chi connectivity index (χ1v) is 7.59.